The highest BCUT2D eigenvalue weighted by Gasteiger charge is 2.34. The molecule has 0 saturated carbocycles. The van der Waals surface area contributed by atoms with Gasteiger partial charge in [-0.2, -0.15) is 13.2 Å². The summed E-state index contributed by atoms with van der Waals surface area (Å²) in [6.07, 6.45) is -4.35. The Kier molecular flexibility index (Phi) is 3.21. The van der Waals surface area contributed by atoms with Crippen LogP contribution in [0.15, 0.2) is 22.7 Å². The van der Waals surface area contributed by atoms with Crippen molar-refractivity contribution in [1.82, 2.24) is 0 Å². The Hall–Kier alpha value is -0.550. The fraction of sp³-hybridized carbons (Fsp3) is 0.333. The van der Waals surface area contributed by atoms with Gasteiger partial charge in [0.2, 0.25) is 0 Å². The lowest BCUT2D eigenvalue weighted by Gasteiger charge is -2.15. The highest BCUT2D eigenvalue weighted by Crippen LogP contribution is 2.35. The van der Waals surface area contributed by atoms with Gasteiger partial charge in [-0.3, -0.25) is 0 Å². The quantitative estimate of drug-likeness (QED) is 0.828. The molecule has 78 valence electrons. The van der Waals surface area contributed by atoms with Gasteiger partial charge >= 0.3 is 6.18 Å². The predicted molar refractivity (Wildman–Crippen MR) is 51.7 cm³/mol. The summed E-state index contributed by atoms with van der Waals surface area (Å²) in [7, 11) is 0. The van der Waals surface area contributed by atoms with Crippen molar-refractivity contribution in [3.8, 4) is 0 Å². The van der Waals surface area contributed by atoms with E-state index in [1.165, 1.54) is 13.0 Å². The van der Waals surface area contributed by atoms with Gasteiger partial charge in [-0.25, -0.2) is 0 Å². The maximum absolute atomic E-state index is 12.5. The van der Waals surface area contributed by atoms with Crippen LogP contribution in [0.1, 0.15) is 24.1 Å². The van der Waals surface area contributed by atoms with Crippen LogP contribution in [-0.2, 0) is 6.18 Å². The van der Waals surface area contributed by atoms with Crippen LogP contribution in [-0.4, -0.2) is 0 Å². The highest BCUT2D eigenvalue weighted by molar-refractivity contribution is 9.10. The second-order valence-corrected chi connectivity index (χ2v) is 3.93. The normalized spacial score (nSPS) is 14.1. The first-order chi connectivity index (χ1) is 6.32. The van der Waals surface area contributed by atoms with Crippen LogP contribution in [0.25, 0.3) is 0 Å². The fourth-order valence-corrected chi connectivity index (χ4v) is 1.53. The average Bonchev–Trinajstić information content (AvgIpc) is 2.01. The van der Waals surface area contributed by atoms with Crippen molar-refractivity contribution in [1.29, 1.82) is 0 Å². The third-order valence-corrected chi connectivity index (χ3v) is 2.30. The van der Waals surface area contributed by atoms with E-state index in [0.29, 0.717) is 4.47 Å². The first-order valence-electron chi connectivity index (χ1n) is 3.94. The van der Waals surface area contributed by atoms with Crippen LogP contribution in [0.5, 0.6) is 0 Å². The molecule has 0 saturated heterocycles. The van der Waals surface area contributed by atoms with E-state index in [1.807, 2.05) is 0 Å². The molecule has 0 radical (unpaired) electrons. The molecule has 0 aliphatic carbocycles. The number of nitrogens with two attached hydrogens (primary N) is 1. The molecule has 0 aromatic heterocycles. The number of hydrogen-bond donors (Lipinski definition) is 1. The van der Waals surface area contributed by atoms with Crippen LogP contribution in [0.4, 0.5) is 13.2 Å². The van der Waals surface area contributed by atoms with Gasteiger partial charge in [-0.05, 0) is 24.6 Å². The molecule has 0 heterocycles. The summed E-state index contributed by atoms with van der Waals surface area (Å²) < 4.78 is 37.9. The molecule has 1 atom stereocenters. The van der Waals surface area contributed by atoms with Gasteiger partial charge < -0.3 is 5.73 Å². The number of hydrogen-bond acceptors (Lipinski definition) is 1. The van der Waals surface area contributed by atoms with E-state index in [-0.39, 0.29) is 5.56 Å². The van der Waals surface area contributed by atoms with E-state index in [2.05, 4.69) is 15.9 Å². The van der Waals surface area contributed by atoms with E-state index in [0.717, 1.165) is 6.07 Å². The van der Waals surface area contributed by atoms with Crippen LogP contribution in [0.2, 0.25) is 0 Å². The van der Waals surface area contributed by atoms with E-state index < -0.39 is 17.8 Å². The number of halogens is 4. The first-order valence-corrected chi connectivity index (χ1v) is 4.74. The van der Waals surface area contributed by atoms with Crippen LogP contribution in [0.3, 0.4) is 0 Å². The van der Waals surface area contributed by atoms with Gasteiger partial charge in [0.1, 0.15) is 0 Å². The smallest absolute Gasteiger partial charge is 0.324 e. The zero-order valence-corrected chi connectivity index (χ0v) is 8.98. The minimum absolute atomic E-state index is 0.112. The SMILES string of the molecule is C[C@H](N)c1ccc(Br)cc1C(F)(F)F. The van der Waals surface area contributed by atoms with Crippen LogP contribution < -0.4 is 5.73 Å². The van der Waals surface area contributed by atoms with Gasteiger partial charge in [0, 0.05) is 10.5 Å². The van der Waals surface area contributed by atoms with Gasteiger partial charge in [0.25, 0.3) is 0 Å². The van der Waals surface area contributed by atoms with Crippen LogP contribution in [0, 0.1) is 0 Å². The summed E-state index contributed by atoms with van der Waals surface area (Å²) in [5.74, 6) is 0. The molecule has 0 aliphatic heterocycles. The highest BCUT2D eigenvalue weighted by atomic mass is 79.9. The Balaban J connectivity index is 3.30. The third kappa shape index (κ3) is 2.48. The molecule has 0 fully saturated rings. The Morgan fingerprint density at radius 2 is 1.93 bits per heavy atom. The van der Waals surface area contributed by atoms with Crippen molar-refractivity contribution in [2.75, 3.05) is 0 Å². The van der Waals surface area contributed by atoms with Crippen molar-refractivity contribution in [2.45, 2.75) is 19.1 Å². The Bertz CT molecular complexity index is 333. The molecule has 1 nitrogen and oxygen atoms in total. The molecule has 1 aromatic carbocycles. The topological polar surface area (TPSA) is 26.0 Å². The maximum Gasteiger partial charge on any atom is 0.416 e. The Morgan fingerprint density at radius 1 is 1.36 bits per heavy atom. The summed E-state index contributed by atoms with van der Waals surface area (Å²) in [5.41, 5.74) is 4.88. The monoisotopic (exact) mass is 267 g/mol. The molecular weight excluding hydrogens is 259 g/mol. The summed E-state index contributed by atoms with van der Waals surface area (Å²) in [6, 6.07) is 3.35. The molecule has 0 bridgehead atoms. The molecule has 1 rings (SSSR count). The Morgan fingerprint density at radius 3 is 2.36 bits per heavy atom. The molecule has 1 aromatic rings. The van der Waals surface area contributed by atoms with E-state index in [1.54, 1.807) is 6.07 Å². The molecule has 0 unspecified atom stereocenters. The molecule has 0 amide bonds. The van der Waals surface area contributed by atoms with Gasteiger partial charge in [0.05, 0.1) is 5.56 Å². The number of rotatable bonds is 1. The fourth-order valence-electron chi connectivity index (χ4n) is 1.17. The lowest BCUT2D eigenvalue weighted by Crippen LogP contribution is -2.15. The third-order valence-electron chi connectivity index (χ3n) is 1.81. The lowest BCUT2D eigenvalue weighted by molar-refractivity contribution is -0.138. The largest absolute Gasteiger partial charge is 0.416 e. The minimum atomic E-state index is -4.35. The second-order valence-electron chi connectivity index (χ2n) is 3.02. The summed E-state index contributed by atoms with van der Waals surface area (Å²) >= 11 is 3.00. The number of alkyl halides is 3. The zero-order valence-electron chi connectivity index (χ0n) is 7.40. The maximum atomic E-state index is 12.5. The van der Waals surface area contributed by atoms with Crippen LogP contribution >= 0.6 is 15.9 Å². The van der Waals surface area contributed by atoms with Crippen molar-refractivity contribution in [3.63, 3.8) is 0 Å². The minimum Gasteiger partial charge on any atom is -0.324 e. The lowest BCUT2D eigenvalue weighted by atomic mass is 10.0. The summed E-state index contributed by atoms with van der Waals surface area (Å²) in [5, 5.41) is 0. The average molecular weight is 268 g/mol. The molecule has 14 heavy (non-hydrogen) atoms. The van der Waals surface area contributed by atoms with E-state index >= 15 is 0 Å². The molecule has 5 heteroatoms. The Labute approximate surface area is 88.2 Å². The summed E-state index contributed by atoms with van der Waals surface area (Å²) in [4.78, 5) is 0. The van der Waals surface area contributed by atoms with Crippen molar-refractivity contribution < 1.29 is 13.2 Å². The predicted octanol–water partition coefficient (Wildman–Crippen LogP) is 3.49. The summed E-state index contributed by atoms with van der Waals surface area (Å²) in [6.45, 7) is 1.53. The van der Waals surface area contributed by atoms with Gasteiger partial charge in [-0.1, -0.05) is 22.0 Å². The number of benzene rings is 1. The molecule has 0 aliphatic rings. The zero-order chi connectivity index (χ0) is 10.9. The standard InChI is InChI=1S/C9H9BrF3N/c1-5(14)7-3-2-6(10)4-8(7)9(11,12)13/h2-5H,14H2,1H3/t5-/m0/s1. The van der Waals surface area contributed by atoms with Crippen molar-refractivity contribution in [2.24, 2.45) is 5.73 Å². The molecular formula is C9H9BrF3N. The van der Waals surface area contributed by atoms with Gasteiger partial charge in [0.15, 0.2) is 0 Å². The molecule has 2 N–H and O–H groups in total. The van der Waals surface area contributed by atoms with Crippen molar-refractivity contribution >= 4 is 15.9 Å². The van der Waals surface area contributed by atoms with E-state index in [4.69, 9.17) is 5.73 Å². The second kappa shape index (κ2) is 3.90. The molecule has 0 spiro atoms. The van der Waals surface area contributed by atoms with Gasteiger partial charge in [-0.15, -0.1) is 0 Å². The first kappa shape index (κ1) is 11.5. The van der Waals surface area contributed by atoms with E-state index in [9.17, 15) is 13.2 Å². The van der Waals surface area contributed by atoms with Crippen molar-refractivity contribution in [3.05, 3.63) is 33.8 Å².